The molecular weight excluding hydrogens is 299 g/mol. The van der Waals surface area contributed by atoms with Gasteiger partial charge in [-0.3, -0.25) is 9.69 Å². The molecule has 0 bridgehead atoms. The van der Waals surface area contributed by atoms with Crippen LogP contribution in [0.4, 0.5) is 13.2 Å². The van der Waals surface area contributed by atoms with Crippen molar-refractivity contribution in [2.75, 3.05) is 6.54 Å². The molecule has 1 saturated heterocycles. The van der Waals surface area contributed by atoms with Crippen LogP contribution >= 0.6 is 0 Å². The summed E-state index contributed by atoms with van der Waals surface area (Å²) in [6, 6.07) is 3.05. The highest BCUT2D eigenvalue weighted by Crippen LogP contribution is 2.33. The van der Waals surface area contributed by atoms with Crippen LogP contribution in [-0.2, 0) is 17.5 Å². The van der Waals surface area contributed by atoms with E-state index in [0.717, 1.165) is 6.07 Å². The Morgan fingerprint density at radius 3 is 2.59 bits per heavy atom. The Labute approximate surface area is 126 Å². The standard InChI is InChI=1S/C15H18F3NO3/c1-9-2-3-11(14(21)22)8-19(9)7-10-4-12(15(16,17)18)6-13(20)5-10/h4-6,9,11,20H,2-3,7-8H2,1H3,(H,21,22). The first kappa shape index (κ1) is 16.6. The van der Waals surface area contributed by atoms with Crippen LogP contribution in [0.5, 0.6) is 5.75 Å². The van der Waals surface area contributed by atoms with Gasteiger partial charge < -0.3 is 10.2 Å². The number of carboxylic acids is 1. The molecule has 2 N–H and O–H groups in total. The van der Waals surface area contributed by atoms with Crippen LogP contribution in [0.25, 0.3) is 0 Å². The highest BCUT2D eigenvalue weighted by atomic mass is 19.4. The van der Waals surface area contributed by atoms with Crippen molar-refractivity contribution >= 4 is 5.97 Å². The second-order valence-electron chi connectivity index (χ2n) is 5.78. The minimum atomic E-state index is -4.52. The summed E-state index contributed by atoms with van der Waals surface area (Å²) in [4.78, 5) is 12.9. The van der Waals surface area contributed by atoms with Crippen LogP contribution in [0.1, 0.15) is 30.9 Å². The van der Waals surface area contributed by atoms with Crippen molar-refractivity contribution in [3.63, 3.8) is 0 Å². The molecular formula is C15H18F3NO3. The molecule has 7 heteroatoms. The molecule has 2 atom stereocenters. The number of hydrogen-bond acceptors (Lipinski definition) is 3. The Kier molecular flexibility index (Phi) is 4.65. The fraction of sp³-hybridized carbons (Fsp3) is 0.533. The van der Waals surface area contributed by atoms with Crippen molar-refractivity contribution in [1.82, 2.24) is 4.90 Å². The summed E-state index contributed by atoms with van der Waals surface area (Å²) in [6.07, 6.45) is -3.27. The number of phenolic OH excluding ortho intramolecular Hbond substituents is 1. The number of aromatic hydroxyl groups is 1. The number of hydrogen-bond donors (Lipinski definition) is 2. The van der Waals surface area contributed by atoms with Gasteiger partial charge in [0.2, 0.25) is 0 Å². The van der Waals surface area contributed by atoms with Gasteiger partial charge in [0.25, 0.3) is 0 Å². The molecule has 122 valence electrons. The second-order valence-corrected chi connectivity index (χ2v) is 5.78. The monoisotopic (exact) mass is 317 g/mol. The number of alkyl halides is 3. The maximum atomic E-state index is 12.8. The van der Waals surface area contributed by atoms with Gasteiger partial charge in [0.05, 0.1) is 11.5 Å². The van der Waals surface area contributed by atoms with Gasteiger partial charge in [-0.25, -0.2) is 0 Å². The first-order chi connectivity index (χ1) is 10.2. The molecule has 2 rings (SSSR count). The molecule has 4 nitrogen and oxygen atoms in total. The number of piperidine rings is 1. The van der Waals surface area contributed by atoms with Crippen molar-refractivity contribution in [2.45, 2.75) is 38.5 Å². The molecule has 0 radical (unpaired) electrons. The van der Waals surface area contributed by atoms with Crippen molar-refractivity contribution < 1.29 is 28.2 Å². The Hall–Kier alpha value is -1.76. The predicted molar refractivity (Wildman–Crippen MR) is 73.3 cm³/mol. The highest BCUT2D eigenvalue weighted by molar-refractivity contribution is 5.70. The lowest BCUT2D eigenvalue weighted by Gasteiger charge is -2.36. The SMILES string of the molecule is CC1CCC(C(=O)O)CN1Cc1cc(O)cc(C(F)(F)F)c1. The Bertz CT molecular complexity index is 559. The Balaban J connectivity index is 2.18. The normalized spacial score (nSPS) is 23.5. The molecule has 0 saturated carbocycles. The molecule has 2 unspecified atom stereocenters. The third-order valence-electron chi connectivity index (χ3n) is 4.05. The molecule has 1 heterocycles. The Morgan fingerprint density at radius 1 is 1.32 bits per heavy atom. The summed E-state index contributed by atoms with van der Waals surface area (Å²) in [5.74, 6) is -1.83. The van der Waals surface area contributed by atoms with Gasteiger partial charge in [-0.2, -0.15) is 13.2 Å². The van der Waals surface area contributed by atoms with Crippen molar-refractivity contribution in [2.24, 2.45) is 5.92 Å². The number of carboxylic acid groups (broad SMARTS) is 1. The van der Waals surface area contributed by atoms with E-state index in [1.807, 2.05) is 11.8 Å². The predicted octanol–water partition coefficient (Wildman–Crippen LogP) is 3.10. The number of rotatable bonds is 3. The fourth-order valence-corrected chi connectivity index (χ4v) is 2.76. The molecule has 0 aromatic heterocycles. The van der Waals surface area contributed by atoms with Crippen molar-refractivity contribution in [1.29, 1.82) is 0 Å². The van der Waals surface area contributed by atoms with Crippen LogP contribution in [0, 0.1) is 5.92 Å². The first-order valence-electron chi connectivity index (χ1n) is 7.04. The summed E-state index contributed by atoms with van der Waals surface area (Å²) < 4.78 is 38.3. The van der Waals surface area contributed by atoms with Gasteiger partial charge >= 0.3 is 12.1 Å². The molecule has 22 heavy (non-hydrogen) atoms. The smallest absolute Gasteiger partial charge is 0.416 e. The van der Waals surface area contributed by atoms with Crippen LogP contribution in [-0.4, -0.2) is 33.7 Å². The number of benzene rings is 1. The summed E-state index contributed by atoms with van der Waals surface area (Å²) >= 11 is 0. The molecule has 0 aliphatic carbocycles. The van der Waals surface area contributed by atoms with Gasteiger partial charge in [-0.15, -0.1) is 0 Å². The van der Waals surface area contributed by atoms with Crippen LogP contribution in [0.15, 0.2) is 18.2 Å². The summed E-state index contributed by atoms with van der Waals surface area (Å²) in [5, 5.41) is 18.6. The van der Waals surface area contributed by atoms with Crippen molar-refractivity contribution in [3.05, 3.63) is 29.3 Å². The van der Waals surface area contributed by atoms with Gasteiger partial charge in [0, 0.05) is 19.1 Å². The minimum absolute atomic E-state index is 0.0901. The van der Waals surface area contributed by atoms with E-state index < -0.39 is 29.4 Å². The highest BCUT2D eigenvalue weighted by Gasteiger charge is 2.33. The zero-order chi connectivity index (χ0) is 16.5. The molecule has 0 spiro atoms. The van der Waals surface area contributed by atoms with E-state index in [4.69, 9.17) is 5.11 Å². The van der Waals surface area contributed by atoms with Gasteiger partial charge in [0.15, 0.2) is 0 Å². The lowest BCUT2D eigenvalue weighted by atomic mass is 9.93. The van der Waals surface area contributed by atoms with E-state index in [0.29, 0.717) is 31.0 Å². The number of nitrogens with zero attached hydrogens (tertiary/aromatic N) is 1. The molecule has 1 aromatic carbocycles. The summed E-state index contributed by atoms with van der Waals surface area (Å²) in [6.45, 7) is 2.40. The number of likely N-dealkylation sites (tertiary alicyclic amines) is 1. The minimum Gasteiger partial charge on any atom is -0.508 e. The summed E-state index contributed by atoms with van der Waals surface area (Å²) in [5.41, 5.74) is -0.577. The van der Waals surface area contributed by atoms with Crippen LogP contribution in [0.3, 0.4) is 0 Å². The van der Waals surface area contributed by atoms with E-state index in [1.165, 1.54) is 6.07 Å². The molecule has 1 aliphatic rings. The molecule has 1 aromatic rings. The average Bonchev–Trinajstić information content (AvgIpc) is 2.39. The zero-order valence-electron chi connectivity index (χ0n) is 12.1. The maximum absolute atomic E-state index is 12.8. The van der Waals surface area contributed by atoms with E-state index in [-0.39, 0.29) is 12.6 Å². The van der Waals surface area contributed by atoms with Gasteiger partial charge in [-0.05, 0) is 43.5 Å². The number of phenols is 1. The lowest BCUT2D eigenvalue weighted by Crippen LogP contribution is -2.43. The lowest BCUT2D eigenvalue weighted by molar-refractivity contribution is -0.144. The van der Waals surface area contributed by atoms with E-state index in [2.05, 4.69) is 0 Å². The first-order valence-corrected chi connectivity index (χ1v) is 7.04. The maximum Gasteiger partial charge on any atom is 0.416 e. The largest absolute Gasteiger partial charge is 0.508 e. The molecule has 1 aliphatic heterocycles. The third kappa shape index (κ3) is 3.91. The van der Waals surface area contributed by atoms with Crippen molar-refractivity contribution in [3.8, 4) is 5.75 Å². The van der Waals surface area contributed by atoms with Crippen LogP contribution < -0.4 is 0 Å². The van der Waals surface area contributed by atoms with Gasteiger partial charge in [-0.1, -0.05) is 0 Å². The Morgan fingerprint density at radius 2 is 2.00 bits per heavy atom. The fourth-order valence-electron chi connectivity index (χ4n) is 2.76. The summed E-state index contributed by atoms with van der Waals surface area (Å²) in [7, 11) is 0. The quantitative estimate of drug-likeness (QED) is 0.899. The van der Waals surface area contributed by atoms with Crippen LogP contribution in [0.2, 0.25) is 0 Å². The average molecular weight is 317 g/mol. The topological polar surface area (TPSA) is 60.8 Å². The second kappa shape index (κ2) is 6.16. The zero-order valence-corrected chi connectivity index (χ0v) is 12.1. The number of carbonyl (C=O) groups is 1. The van der Waals surface area contributed by atoms with E-state index in [9.17, 15) is 23.1 Å². The molecule has 0 amide bonds. The number of halogens is 3. The number of aliphatic carboxylic acids is 1. The molecule has 1 fully saturated rings. The van der Waals surface area contributed by atoms with Gasteiger partial charge in [0.1, 0.15) is 5.75 Å². The van der Waals surface area contributed by atoms with E-state index >= 15 is 0 Å². The third-order valence-corrected chi connectivity index (χ3v) is 4.05. The van der Waals surface area contributed by atoms with E-state index in [1.54, 1.807) is 0 Å².